The van der Waals surface area contributed by atoms with Crippen LogP contribution in [0.15, 0.2) is 35.8 Å². The fourth-order valence-corrected chi connectivity index (χ4v) is 3.65. The van der Waals surface area contributed by atoms with Crippen molar-refractivity contribution in [3.8, 4) is 0 Å². The number of amides is 1. The van der Waals surface area contributed by atoms with Crippen molar-refractivity contribution in [1.82, 2.24) is 9.88 Å². The second-order valence-electron chi connectivity index (χ2n) is 6.24. The van der Waals surface area contributed by atoms with Crippen LogP contribution in [0.2, 0.25) is 0 Å². The zero-order valence-corrected chi connectivity index (χ0v) is 14.6. The van der Waals surface area contributed by atoms with E-state index in [0.29, 0.717) is 11.5 Å². The molecule has 1 atom stereocenters. The van der Waals surface area contributed by atoms with Crippen LogP contribution in [-0.2, 0) is 0 Å². The number of aliphatic hydroxyl groups excluding tert-OH is 1. The second kappa shape index (κ2) is 7.77. The van der Waals surface area contributed by atoms with Crippen LogP contribution in [0.1, 0.15) is 41.2 Å². The van der Waals surface area contributed by atoms with Gasteiger partial charge in [0, 0.05) is 42.5 Å². The van der Waals surface area contributed by atoms with Gasteiger partial charge in [-0.05, 0) is 43.9 Å². The molecule has 0 aliphatic carbocycles. The van der Waals surface area contributed by atoms with Gasteiger partial charge < -0.3 is 15.3 Å². The lowest BCUT2D eigenvalue weighted by molar-refractivity contribution is 0.0651. The van der Waals surface area contributed by atoms with Gasteiger partial charge in [0.05, 0.1) is 6.04 Å². The van der Waals surface area contributed by atoms with Gasteiger partial charge in [0.1, 0.15) is 5.01 Å². The molecule has 1 amide bonds. The van der Waals surface area contributed by atoms with Gasteiger partial charge in [-0.25, -0.2) is 4.98 Å². The van der Waals surface area contributed by atoms with E-state index < -0.39 is 0 Å². The molecule has 1 aromatic heterocycles. The predicted molar refractivity (Wildman–Crippen MR) is 96.3 cm³/mol. The summed E-state index contributed by atoms with van der Waals surface area (Å²) in [6.45, 7) is 3.72. The first-order valence-corrected chi connectivity index (χ1v) is 9.21. The molecule has 1 unspecified atom stereocenters. The Balaban J connectivity index is 1.65. The number of nitrogens with one attached hydrogen (secondary N) is 1. The number of aliphatic hydroxyl groups is 1. The fourth-order valence-electron chi connectivity index (χ4n) is 3.00. The highest BCUT2D eigenvalue weighted by Crippen LogP contribution is 2.23. The number of carbonyl (C=O) groups excluding carboxylic acids is 1. The molecule has 0 spiro atoms. The SMILES string of the molecule is CC(Nc1cccc(C(=O)N2CCC(CO)CC2)c1)c1nccs1. The molecule has 3 rings (SSSR count). The Bertz CT molecular complexity index is 667. The lowest BCUT2D eigenvalue weighted by Gasteiger charge is -2.31. The van der Waals surface area contributed by atoms with Crippen molar-refractivity contribution in [2.45, 2.75) is 25.8 Å². The first-order valence-electron chi connectivity index (χ1n) is 8.33. The number of carbonyl (C=O) groups is 1. The number of benzene rings is 1. The van der Waals surface area contributed by atoms with E-state index in [1.165, 1.54) is 0 Å². The quantitative estimate of drug-likeness (QED) is 0.874. The van der Waals surface area contributed by atoms with Gasteiger partial charge in [0.15, 0.2) is 0 Å². The molecular formula is C18H23N3O2S. The zero-order valence-electron chi connectivity index (χ0n) is 13.8. The minimum Gasteiger partial charge on any atom is -0.396 e. The largest absolute Gasteiger partial charge is 0.396 e. The predicted octanol–water partition coefficient (Wildman–Crippen LogP) is 3.16. The second-order valence-corrected chi connectivity index (χ2v) is 7.16. The number of hydrogen-bond donors (Lipinski definition) is 2. The average molecular weight is 345 g/mol. The van der Waals surface area contributed by atoms with E-state index in [1.54, 1.807) is 17.5 Å². The molecule has 1 saturated heterocycles. The van der Waals surface area contributed by atoms with Crippen LogP contribution in [0.5, 0.6) is 0 Å². The zero-order chi connectivity index (χ0) is 16.9. The molecule has 0 bridgehead atoms. The standard InChI is InChI=1S/C18H23N3O2S/c1-13(17-19-7-10-24-17)20-16-4-2-3-15(11-16)18(23)21-8-5-14(12-22)6-9-21/h2-4,7,10-11,13-14,20,22H,5-6,8-9,12H2,1H3. The topological polar surface area (TPSA) is 65.5 Å². The minimum absolute atomic E-state index is 0.0666. The number of aromatic nitrogens is 1. The Morgan fingerprint density at radius 1 is 1.46 bits per heavy atom. The normalized spacial score (nSPS) is 16.8. The molecule has 1 fully saturated rings. The molecule has 0 radical (unpaired) electrons. The van der Waals surface area contributed by atoms with Crippen LogP contribution < -0.4 is 5.32 Å². The summed E-state index contributed by atoms with van der Waals surface area (Å²) in [4.78, 5) is 18.9. The van der Waals surface area contributed by atoms with Crippen molar-refractivity contribution >= 4 is 22.9 Å². The van der Waals surface area contributed by atoms with Crippen LogP contribution in [0.4, 0.5) is 5.69 Å². The molecule has 2 aromatic rings. The molecule has 0 saturated carbocycles. The molecule has 5 nitrogen and oxygen atoms in total. The summed E-state index contributed by atoms with van der Waals surface area (Å²) in [7, 11) is 0. The van der Waals surface area contributed by atoms with E-state index in [1.807, 2.05) is 34.5 Å². The number of anilines is 1. The minimum atomic E-state index is 0.0666. The van der Waals surface area contributed by atoms with E-state index in [4.69, 9.17) is 0 Å². The van der Waals surface area contributed by atoms with Crippen molar-refractivity contribution < 1.29 is 9.90 Å². The Labute approximate surface area is 146 Å². The van der Waals surface area contributed by atoms with E-state index >= 15 is 0 Å². The highest BCUT2D eigenvalue weighted by molar-refractivity contribution is 7.09. The monoisotopic (exact) mass is 345 g/mol. The van der Waals surface area contributed by atoms with E-state index in [-0.39, 0.29) is 18.6 Å². The third-order valence-corrected chi connectivity index (χ3v) is 5.43. The van der Waals surface area contributed by atoms with Gasteiger partial charge in [-0.15, -0.1) is 11.3 Å². The third-order valence-electron chi connectivity index (χ3n) is 4.47. The highest BCUT2D eigenvalue weighted by atomic mass is 32.1. The molecule has 1 aliphatic rings. The van der Waals surface area contributed by atoms with Crippen LogP contribution in [-0.4, -0.2) is 40.6 Å². The maximum atomic E-state index is 12.7. The van der Waals surface area contributed by atoms with Crippen molar-refractivity contribution in [3.05, 3.63) is 46.4 Å². The third kappa shape index (κ3) is 3.94. The number of thiazole rings is 1. The molecule has 2 heterocycles. The van der Waals surface area contributed by atoms with E-state index in [2.05, 4.69) is 17.2 Å². The highest BCUT2D eigenvalue weighted by Gasteiger charge is 2.23. The maximum absolute atomic E-state index is 12.7. The average Bonchev–Trinajstić information content (AvgIpc) is 3.16. The molecule has 6 heteroatoms. The van der Waals surface area contributed by atoms with Gasteiger partial charge >= 0.3 is 0 Å². The first kappa shape index (κ1) is 16.9. The smallest absolute Gasteiger partial charge is 0.253 e. The summed E-state index contributed by atoms with van der Waals surface area (Å²) in [5.74, 6) is 0.401. The summed E-state index contributed by atoms with van der Waals surface area (Å²) in [6, 6.07) is 7.75. The maximum Gasteiger partial charge on any atom is 0.253 e. The Morgan fingerprint density at radius 3 is 2.92 bits per heavy atom. The van der Waals surface area contributed by atoms with Crippen molar-refractivity contribution in [2.24, 2.45) is 5.92 Å². The Morgan fingerprint density at radius 2 is 2.25 bits per heavy atom. The van der Waals surface area contributed by atoms with E-state index in [0.717, 1.165) is 36.6 Å². The summed E-state index contributed by atoms with van der Waals surface area (Å²) in [6.07, 6.45) is 3.55. The molecule has 2 N–H and O–H groups in total. The Kier molecular flexibility index (Phi) is 5.48. The number of rotatable bonds is 5. The summed E-state index contributed by atoms with van der Waals surface area (Å²) < 4.78 is 0. The van der Waals surface area contributed by atoms with Crippen molar-refractivity contribution in [1.29, 1.82) is 0 Å². The molecule has 1 aromatic carbocycles. The van der Waals surface area contributed by atoms with Crippen LogP contribution >= 0.6 is 11.3 Å². The molecule has 128 valence electrons. The lowest BCUT2D eigenvalue weighted by Crippen LogP contribution is -2.39. The molecule has 1 aliphatic heterocycles. The van der Waals surface area contributed by atoms with Gasteiger partial charge in [0.2, 0.25) is 0 Å². The first-order chi connectivity index (χ1) is 11.7. The number of piperidine rings is 1. The van der Waals surface area contributed by atoms with Gasteiger partial charge in [-0.2, -0.15) is 0 Å². The summed E-state index contributed by atoms with van der Waals surface area (Å²) >= 11 is 1.62. The van der Waals surface area contributed by atoms with Crippen LogP contribution in [0.25, 0.3) is 0 Å². The fraction of sp³-hybridized carbons (Fsp3) is 0.444. The number of likely N-dealkylation sites (tertiary alicyclic amines) is 1. The van der Waals surface area contributed by atoms with Crippen molar-refractivity contribution in [3.63, 3.8) is 0 Å². The summed E-state index contributed by atoms with van der Waals surface area (Å²) in [5.41, 5.74) is 1.63. The van der Waals surface area contributed by atoms with Crippen LogP contribution in [0.3, 0.4) is 0 Å². The van der Waals surface area contributed by atoms with Crippen LogP contribution in [0, 0.1) is 5.92 Å². The lowest BCUT2D eigenvalue weighted by atomic mass is 9.97. The molecular weight excluding hydrogens is 322 g/mol. The van der Waals surface area contributed by atoms with Gasteiger partial charge in [-0.3, -0.25) is 4.79 Å². The van der Waals surface area contributed by atoms with E-state index in [9.17, 15) is 9.90 Å². The van der Waals surface area contributed by atoms with Gasteiger partial charge in [0.25, 0.3) is 5.91 Å². The van der Waals surface area contributed by atoms with Gasteiger partial charge in [-0.1, -0.05) is 6.07 Å². The number of nitrogens with zero attached hydrogens (tertiary/aromatic N) is 2. The summed E-state index contributed by atoms with van der Waals surface area (Å²) in [5, 5.41) is 15.6. The van der Waals surface area contributed by atoms with Crippen molar-refractivity contribution in [2.75, 3.05) is 25.0 Å². The molecule has 24 heavy (non-hydrogen) atoms. The Hall–Kier alpha value is -1.92. The number of hydrogen-bond acceptors (Lipinski definition) is 5.